The molecular formula is C15H21N3O3. The Morgan fingerprint density at radius 2 is 1.95 bits per heavy atom. The van der Waals surface area contributed by atoms with Crippen molar-refractivity contribution in [3.63, 3.8) is 0 Å². The van der Waals surface area contributed by atoms with Gasteiger partial charge in [0.1, 0.15) is 6.54 Å². The van der Waals surface area contributed by atoms with Gasteiger partial charge in [0.15, 0.2) is 0 Å². The number of carbonyl (C=O) groups excluding carboxylic acids is 2. The van der Waals surface area contributed by atoms with Crippen LogP contribution in [0.2, 0.25) is 0 Å². The molecule has 0 aliphatic carbocycles. The quantitative estimate of drug-likeness (QED) is 0.866. The SMILES string of the molecule is CC(O)c1ccc(NC(=O)N2CCCN(C)C(=O)C2)cc1. The Morgan fingerprint density at radius 1 is 1.29 bits per heavy atom. The Bertz CT molecular complexity index is 513. The first kappa shape index (κ1) is 15.3. The summed E-state index contributed by atoms with van der Waals surface area (Å²) in [7, 11) is 1.75. The van der Waals surface area contributed by atoms with E-state index in [1.807, 2.05) is 0 Å². The molecule has 1 fully saturated rings. The second-order valence-corrected chi connectivity index (χ2v) is 5.32. The average molecular weight is 291 g/mol. The fourth-order valence-corrected chi connectivity index (χ4v) is 2.21. The van der Waals surface area contributed by atoms with E-state index in [9.17, 15) is 14.7 Å². The van der Waals surface area contributed by atoms with E-state index in [0.717, 1.165) is 12.0 Å². The van der Waals surface area contributed by atoms with Gasteiger partial charge in [-0.3, -0.25) is 4.79 Å². The maximum atomic E-state index is 12.2. The van der Waals surface area contributed by atoms with E-state index < -0.39 is 6.10 Å². The van der Waals surface area contributed by atoms with Gasteiger partial charge in [0, 0.05) is 25.8 Å². The first-order valence-electron chi connectivity index (χ1n) is 7.05. The predicted molar refractivity (Wildman–Crippen MR) is 79.9 cm³/mol. The predicted octanol–water partition coefficient (Wildman–Crippen LogP) is 1.44. The number of carbonyl (C=O) groups is 2. The second-order valence-electron chi connectivity index (χ2n) is 5.32. The van der Waals surface area contributed by atoms with Crippen molar-refractivity contribution in [3.8, 4) is 0 Å². The Kier molecular flexibility index (Phi) is 4.80. The van der Waals surface area contributed by atoms with E-state index in [4.69, 9.17) is 0 Å². The van der Waals surface area contributed by atoms with Gasteiger partial charge in [0.25, 0.3) is 0 Å². The fraction of sp³-hybridized carbons (Fsp3) is 0.467. The molecule has 0 saturated carbocycles. The molecule has 1 aliphatic heterocycles. The molecule has 1 heterocycles. The van der Waals surface area contributed by atoms with Gasteiger partial charge >= 0.3 is 6.03 Å². The first-order chi connectivity index (χ1) is 9.97. The zero-order valence-corrected chi connectivity index (χ0v) is 12.4. The molecule has 1 saturated heterocycles. The summed E-state index contributed by atoms with van der Waals surface area (Å²) in [4.78, 5) is 27.1. The summed E-state index contributed by atoms with van der Waals surface area (Å²) in [6.07, 6.45) is 0.241. The van der Waals surface area contributed by atoms with Crippen molar-refractivity contribution >= 4 is 17.6 Å². The molecule has 3 amide bonds. The Morgan fingerprint density at radius 3 is 2.57 bits per heavy atom. The number of rotatable bonds is 2. The zero-order chi connectivity index (χ0) is 15.4. The van der Waals surface area contributed by atoms with Crippen LogP contribution in [0, 0.1) is 0 Å². The molecule has 114 valence electrons. The summed E-state index contributed by atoms with van der Waals surface area (Å²) in [5.74, 6) is -0.0490. The normalized spacial score (nSPS) is 17.4. The minimum Gasteiger partial charge on any atom is -0.389 e. The summed E-state index contributed by atoms with van der Waals surface area (Å²) in [5, 5.41) is 12.2. The number of aliphatic hydroxyl groups excluding tert-OH is 1. The molecule has 0 aromatic heterocycles. The fourth-order valence-electron chi connectivity index (χ4n) is 2.21. The van der Waals surface area contributed by atoms with E-state index in [-0.39, 0.29) is 18.5 Å². The number of likely N-dealkylation sites (N-methyl/N-ethyl adjacent to an activating group) is 1. The molecule has 0 radical (unpaired) electrons. The number of urea groups is 1. The molecule has 0 spiro atoms. The van der Waals surface area contributed by atoms with Crippen molar-refractivity contribution < 1.29 is 14.7 Å². The summed E-state index contributed by atoms with van der Waals surface area (Å²) in [6.45, 7) is 3.03. The largest absolute Gasteiger partial charge is 0.389 e. The highest BCUT2D eigenvalue weighted by Gasteiger charge is 2.22. The molecule has 2 N–H and O–H groups in total. The molecular weight excluding hydrogens is 270 g/mol. The lowest BCUT2D eigenvalue weighted by atomic mass is 10.1. The van der Waals surface area contributed by atoms with Crippen LogP contribution in [0.4, 0.5) is 10.5 Å². The minimum absolute atomic E-state index is 0.0490. The lowest BCUT2D eigenvalue weighted by Gasteiger charge is -2.20. The maximum absolute atomic E-state index is 12.2. The van der Waals surface area contributed by atoms with Crippen molar-refractivity contribution in [1.82, 2.24) is 9.80 Å². The third kappa shape index (κ3) is 3.95. The first-order valence-corrected chi connectivity index (χ1v) is 7.05. The lowest BCUT2D eigenvalue weighted by Crippen LogP contribution is -2.40. The van der Waals surface area contributed by atoms with Crippen LogP contribution in [0.1, 0.15) is 25.0 Å². The van der Waals surface area contributed by atoms with Gasteiger partial charge in [-0.05, 0) is 31.0 Å². The number of hydrogen-bond acceptors (Lipinski definition) is 3. The number of hydrogen-bond donors (Lipinski definition) is 2. The summed E-state index contributed by atoms with van der Waals surface area (Å²) in [5.41, 5.74) is 1.44. The summed E-state index contributed by atoms with van der Waals surface area (Å²) in [6, 6.07) is 6.74. The number of amides is 3. The van der Waals surface area contributed by atoms with Crippen molar-refractivity contribution in [2.45, 2.75) is 19.4 Å². The lowest BCUT2D eigenvalue weighted by molar-refractivity contribution is -0.129. The van der Waals surface area contributed by atoms with Crippen molar-refractivity contribution in [2.24, 2.45) is 0 Å². The van der Waals surface area contributed by atoms with Crippen LogP contribution in [-0.2, 0) is 4.79 Å². The Labute approximate surface area is 124 Å². The number of nitrogens with one attached hydrogen (secondary N) is 1. The third-order valence-electron chi connectivity index (χ3n) is 3.61. The van der Waals surface area contributed by atoms with E-state index in [1.165, 1.54) is 4.90 Å². The van der Waals surface area contributed by atoms with Gasteiger partial charge in [0.05, 0.1) is 6.10 Å². The molecule has 6 nitrogen and oxygen atoms in total. The number of nitrogens with zero attached hydrogens (tertiary/aromatic N) is 2. The van der Waals surface area contributed by atoms with Crippen molar-refractivity contribution in [2.75, 3.05) is 32.0 Å². The molecule has 1 atom stereocenters. The van der Waals surface area contributed by atoms with E-state index in [0.29, 0.717) is 18.8 Å². The van der Waals surface area contributed by atoms with Crippen LogP contribution in [-0.4, -0.2) is 53.5 Å². The third-order valence-corrected chi connectivity index (χ3v) is 3.61. The zero-order valence-electron chi connectivity index (χ0n) is 12.4. The number of anilines is 1. The highest BCUT2D eigenvalue weighted by atomic mass is 16.3. The Balaban J connectivity index is 1.98. The van der Waals surface area contributed by atoms with Gasteiger partial charge in [-0.25, -0.2) is 4.79 Å². The van der Waals surface area contributed by atoms with E-state index in [1.54, 1.807) is 43.1 Å². The highest BCUT2D eigenvalue weighted by molar-refractivity contribution is 5.92. The highest BCUT2D eigenvalue weighted by Crippen LogP contribution is 2.16. The summed E-state index contributed by atoms with van der Waals surface area (Å²) < 4.78 is 0. The molecule has 6 heteroatoms. The average Bonchev–Trinajstić information content (AvgIpc) is 2.62. The molecule has 1 aliphatic rings. The van der Waals surface area contributed by atoms with Crippen LogP contribution in [0.25, 0.3) is 0 Å². The summed E-state index contributed by atoms with van der Waals surface area (Å²) >= 11 is 0. The van der Waals surface area contributed by atoms with Crippen LogP contribution in [0.5, 0.6) is 0 Å². The van der Waals surface area contributed by atoms with Crippen LogP contribution < -0.4 is 5.32 Å². The molecule has 1 aromatic carbocycles. The van der Waals surface area contributed by atoms with Crippen LogP contribution in [0.15, 0.2) is 24.3 Å². The van der Waals surface area contributed by atoms with Crippen LogP contribution >= 0.6 is 0 Å². The van der Waals surface area contributed by atoms with Gasteiger partial charge < -0.3 is 20.2 Å². The van der Waals surface area contributed by atoms with E-state index in [2.05, 4.69) is 5.32 Å². The standard InChI is InChI=1S/C15H21N3O3/c1-11(19)12-4-6-13(7-5-12)16-15(21)18-9-3-8-17(2)14(20)10-18/h4-7,11,19H,3,8-10H2,1-2H3,(H,16,21). The number of benzene rings is 1. The van der Waals surface area contributed by atoms with Crippen molar-refractivity contribution in [3.05, 3.63) is 29.8 Å². The monoisotopic (exact) mass is 291 g/mol. The Hall–Kier alpha value is -2.08. The van der Waals surface area contributed by atoms with E-state index >= 15 is 0 Å². The van der Waals surface area contributed by atoms with Crippen LogP contribution in [0.3, 0.4) is 0 Å². The van der Waals surface area contributed by atoms with Gasteiger partial charge in [0.2, 0.25) is 5.91 Å². The maximum Gasteiger partial charge on any atom is 0.322 e. The van der Waals surface area contributed by atoms with Gasteiger partial charge in [-0.15, -0.1) is 0 Å². The smallest absolute Gasteiger partial charge is 0.322 e. The number of aliphatic hydroxyl groups is 1. The molecule has 2 rings (SSSR count). The molecule has 21 heavy (non-hydrogen) atoms. The van der Waals surface area contributed by atoms with Gasteiger partial charge in [-0.2, -0.15) is 0 Å². The van der Waals surface area contributed by atoms with Crippen molar-refractivity contribution in [1.29, 1.82) is 0 Å². The van der Waals surface area contributed by atoms with Gasteiger partial charge in [-0.1, -0.05) is 12.1 Å². The minimum atomic E-state index is -0.534. The molecule has 0 bridgehead atoms. The second kappa shape index (κ2) is 6.58. The molecule has 1 aromatic rings. The topological polar surface area (TPSA) is 72.9 Å². The molecule has 1 unspecified atom stereocenters.